The van der Waals surface area contributed by atoms with Gasteiger partial charge in [0.15, 0.2) is 5.82 Å². The summed E-state index contributed by atoms with van der Waals surface area (Å²) in [5, 5.41) is 4.65. The highest BCUT2D eigenvalue weighted by atomic mass is 35.5. The molecule has 31 heavy (non-hydrogen) atoms. The highest BCUT2D eigenvalue weighted by Gasteiger charge is 2.34. The molecule has 3 aromatic rings. The van der Waals surface area contributed by atoms with Gasteiger partial charge in [-0.3, -0.25) is 0 Å². The van der Waals surface area contributed by atoms with Gasteiger partial charge in [-0.25, -0.2) is 9.97 Å². The Bertz CT molecular complexity index is 1090. The van der Waals surface area contributed by atoms with Gasteiger partial charge in [0.1, 0.15) is 0 Å². The number of nitrogens with one attached hydrogen (secondary N) is 1. The molecule has 4 rings (SSSR count). The Morgan fingerprint density at radius 3 is 2.61 bits per heavy atom. The van der Waals surface area contributed by atoms with Crippen molar-refractivity contribution in [2.45, 2.75) is 38.8 Å². The molecule has 0 saturated carbocycles. The third kappa shape index (κ3) is 4.36. The molecule has 2 aromatic carbocycles. The number of anilines is 1. The molecular weight excluding hydrogens is 433 g/mol. The predicted molar refractivity (Wildman–Crippen MR) is 125 cm³/mol. The molecule has 2 atom stereocenters. The average molecular weight is 458 g/mol. The largest absolute Gasteiger partial charge is 0.478 e. The van der Waals surface area contributed by atoms with Crippen molar-refractivity contribution in [2.24, 2.45) is 0 Å². The zero-order valence-corrected chi connectivity index (χ0v) is 19.3. The van der Waals surface area contributed by atoms with Crippen LogP contribution >= 0.6 is 23.2 Å². The highest BCUT2D eigenvalue weighted by Crippen LogP contribution is 2.39. The Hall–Kier alpha value is -2.34. The fourth-order valence-corrected chi connectivity index (χ4v) is 4.58. The van der Waals surface area contributed by atoms with Crippen molar-refractivity contribution < 1.29 is 9.47 Å². The normalized spacial score (nSPS) is 17.5. The van der Waals surface area contributed by atoms with Gasteiger partial charge in [-0.1, -0.05) is 54.4 Å². The van der Waals surface area contributed by atoms with Crippen LogP contribution in [0.1, 0.15) is 36.7 Å². The van der Waals surface area contributed by atoms with E-state index in [0.717, 1.165) is 17.7 Å². The molecular formula is C24H25Cl2N3O2. The lowest BCUT2D eigenvalue weighted by molar-refractivity contribution is 0.0573. The molecule has 1 aliphatic rings. The molecule has 0 radical (unpaired) electrons. The van der Waals surface area contributed by atoms with Crippen molar-refractivity contribution in [1.82, 2.24) is 9.97 Å². The van der Waals surface area contributed by atoms with Crippen molar-refractivity contribution in [3.63, 3.8) is 0 Å². The Labute approximate surface area is 192 Å². The van der Waals surface area contributed by atoms with E-state index >= 15 is 0 Å². The van der Waals surface area contributed by atoms with Crippen LogP contribution in [0.4, 0.5) is 5.82 Å². The summed E-state index contributed by atoms with van der Waals surface area (Å²) in [6.07, 6.45) is 1.57. The van der Waals surface area contributed by atoms with Gasteiger partial charge in [0, 0.05) is 23.6 Å². The molecule has 7 heteroatoms. The van der Waals surface area contributed by atoms with E-state index in [1.165, 1.54) is 11.1 Å². The number of ether oxygens (including phenoxy) is 2. The number of methoxy groups -OCH3 is 1. The average Bonchev–Trinajstić information content (AvgIpc) is 3.11. The molecule has 1 aromatic heterocycles. The summed E-state index contributed by atoms with van der Waals surface area (Å²) < 4.78 is 11.7. The van der Waals surface area contributed by atoms with Gasteiger partial charge in [0.2, 0.25) is 0 Å². The summed E-state index contributed by atoms with van der Waals surface area (Å²) in [4.78, 5) is 9.66. The Kier molecular flexibility index (Phi) is 6.65. The molecule has 5 nitrogen and oxygen atoms in total. The minimum atomic E-state index is -0.0333. The van der Waals surface area contributed by atoms with Gasteiger partial charge in [-0.05, 0) is 42.7 Å². The minimum absolute atomic E-state index is 0.0179. The first-order valence-corrected chi connectivity index (χ1v) is 11.2. The van der Waals surface area contributed by atoms with Crippen LogP contribution in [0.5, 0.6) is 5.88 Å². The number of halogens is 2. The summed E-state index contributed by atoms with van der Waals surface area (Å²) in [5.74, 6) is 1.01. The van der Waals surface area contributed by atoms with Gasteiger partial charge in [-0.2, -0.15) is 0 Å². The fourth-order valence-electron chi connectivity index (χ4n) is 4.08. The standard InChI is InChI=1S/C24H25Cl2N3O2/c1-4-19-21(17-11-10-15(25)13-18(17)26)29-24(30-3)23(27-19)28-22-16-9-7-6-8-14(16)12-20(22)31-5-2/h6-11,13,20,22H,4-5,12H2,1-3H3,(H,27,28)/t20-,22+/m0/s1. The van der Waals surface area contributed by atoms with E-state index in [1.807, 2.05) is 26.0 Å². The molecule has 1 N–H and O–H groups in total. The summed E-state index contributed by atoms with van der Waals surface area (Å²) in [6, 6.07) is 13.7. The second-order valence-electron chi connectivity index (χ2n) is 7.37. The molecule has 0 amide bonds. The maximum Gasteiger partial charge on any atom is 0.257 e. The summed E-state index contributed by atoms with van der Waals surface area (Å²) in [7, 11) is 1.59. The van der Waals surface area contributed by atoms with E-state index < -0.39 is 0 Å². The maximum atomic E-state index is 6.45. The lowest BCUT2D eigenvalue weighted by Gasteiger charge is -2.24. The zero-order chi connectivity index (χ0) is 22.0. The van der Waals surface area contributed by atoms with Gasteiger partial charge in [-0.15, -0.1) is 0 Å². The molecule has 0 fully saturated rings. The predicted octanol–water partition coefficient (Wildman–Crippen LogP) is 6.14. The lowest BCUT2D eigenvalue weighted by Crippen LogP contribution is -2.25. The quantitative estimate of drug-likeness (QED) is 0.461. The molecule has 0 bridgehead atoms. The first kappa shape index (κ1) is 21.9. The zero-order valence-electron chi connectivity index (χ0n) is 17.8. The lowest BCUT2D eigenvalue weighted by atomic mass is 10.1. The molecule has 1 aliphatic carbocycles. The van der Waals surface area contributed by atoms with E-state index in [2.05, 4.69) is 23.5 Å². The first-order chi connectivity index (χ1) is 15.0. The van der Waals surface area contributed by atoms with Gasteiger partial charge >= 0.3 is 0 Å². The monoisotopic (exact) mass is 457 g/mol. The van der Waals surface area contributed by atoms with E-state index in [0.29, 0.717) is 40.5 Å². The third-order valence-corrected chi connectivity index (χ3v) is 6.05. The highest BCUT2D eigenvalue weighted by molar-refractivity contribution is 6.36. The number of aromatic nitrogens is 2. The SMILES string of the molecule is CCO[C@H]1Cc2ccccc2[C@H]1Nc1nc(CC)c(-c2ccc(Cl)cc2Cl)nc1OC. The number of fused-ring (bicyclic) bond motifs is 1. The van der Waals surface area contributed by atoms with Crippen LogP contribution in [-0.4, -0.2) is 29.8 Å². The van der Waals surface area contributed by atoms with Crippen LogP contribution in [0.2, 0.25) is 10.0 Å². The second kappa shape index (κ2) is 9.43. The number of rotatable bonds is 7. The molecule has 0 unspecified atom stereocenters. The molecule has 0 spiro atoms. The van der Waals surface area contributed by atoms with Crippen LogP contribution in [0, 0.1) is 0 Å². The van der Waals surface area contributed by atoms with E-state index in [4.69, 9.17) is 42.6 Å². The number of benzene rings is 2. The Balaban J connectivity index is 1.75. The van der Waals surface area contributed by atoms with Gasteiger partial charge < -0.3 is 14.8 Å². The number of hydrogen-bond acceptors (Lipinski definition) is 5. The van der Waals surface area contributed by atoms with Crippen molar-refractivity contribution in [3.05, 3.63) is 69.3 Å². The first-order valence-electron chi connectivity index (χ1n) is 10.4. The minimum Gasteiger partial charge on any atom is -0.478 e. The summed E-state index contributed by atoms with van der Waals surface area (Å²) in [6.45, 7) is 4.70. The Morgan fingerprint density at radius 1 is 1.10 bits per heavy atom. The number of nitrogens with zero attached hydrogens (tertiary/aromatic N) is 2. The molecule has 0 aliphatic heterocycles. The summed E-state index contributed by atoms with van der Waals surface area (Å²) >= 11 is 12.5. The summed E-state index contributed by atoms with van der Waals surface area (Å²) in [5.41, 5.74) is 4.79. The maximum absolute atomic E-state index is 6.45. The van der Waals surface area contributed by atoms with Crippen LogP contribution in [0.15, 0.2) is 42.5 Å². The van der Waals surface area contributed by atoms with Crippen LogP contribution in [-0.2, 0) is 17.6 Å². The molecule has 162 valence electrons. The number of aryl methyl sites for hydroxylation is 1. The van der Waals surface area contributed by atoms with Gasteiger partial charge in [0.05, 0.1) is 35.7 Å². The topological polar surface area (TPSA) is 56.3 Å². The van der Waals surface area contributed by atoms with Crippen LogP contribution < -0.4 is 10.1 Å². The van der Waals surface area contributed by atoms with E-state index in [9.17, 15) is 0 Å². The van der Waals surface area contributed by atoms with Crippen LogP contribution in [0.3, 0.4) is 0 Å². The molecule has 1 heterocycles. The molecule has 0 saturated heterocycles. The van der Waals surface area contributed by atoms with Gasteiger partial charge in [0.25, 0.3) is 5.88 Å². The van der Waals surface area contributed by atoms with Crippen molar-refractivity contribution in [3.8, 4) is 17.1 Å². The number of hydrogen-bond donors (Lipinski definition) is 1. The van der Waals surface area contributed by atoms with E-state index in [-0.39, 0.29) is 12.1 Å². The smallest absolute Gasteiger partial charge is 0.257 e. The van der Waals surface area contributed by atoms with Crippen molar-refractivity contribution in [2.75, 3.05) is 19.0 Å². The van der Waals surface area contributed by atoms with E-state index in [1.54, 1.807) is 19.2 Å². The fraction of sp³-hybridized carbons (Fsp3) is 0.333. The van der Waals surface area contributed by atoms with Crippen molar-refractivity contribution in [1.29, 1.82) is 0 Å². The third-order valence-electron chi connectivity index (χ3n) is 5.51. The van der Waals surface area contributed by atoms with Crippen LogP contribution in [0.25, 0.3) is 11.3 Å². The Morgan fingerprint density at radius 2 is 1.90 bits per heavy atom. The van der Waals surface area contributed by atoms with Crippen molar-refractivity contribution >= 4 is 29.0 Å². The second-order valence-corrected chi connectivity index (χ2v) is 8.22.